The molecule has 5 saturated heterocycles. The van der Waals surface area contributed by atoms with Gasteiger partial charge in [-0.3, -0.25) is 29.5 Å². The average Bonchev–Trinajstić information content (AvgIpc) is 1.48. The van der Waals surface area contributed by atoms with E-state index in [1.807, 2.05) is 61.5 Å². The lowest BCUT2D eigenvalue weighted by Crippen LogP contribution is -2.52. The third kappa shape index (κ3) is 16.1. The summed E-state index contributed by atoms with van der Waals surface area (Å²) in [5.41, 5.74) is 7.15. The highest BCUT2D eigenvalue weighted by Gasteiger charge is 2.42. The van der Waals surface area contributed by atoms with Crippen LogP contribution in [0.1, 0.15) is 104 Å². The topological polar surface area (TPSA) is 122 Å². The van der Waals surface area contributed by atoms with Gasteiger partial charge >= 0.3 is 5.51 Å². The number of alkyl halides is 3. The predicted molar refractivity (Wildman–Crippen MR) is 354 cm³/mol. The zero-order valence-electron chi connectivity index (χ0n) is 51.3. The minimum Gasteiger partial charge on any atom is -0.379 e. The third-order valence-corrected chi connectivity index (χ3v) is 21.4. The summed E-state index contributed by atoms with van der Waals surface area (Å²) in [7, 11) is 0. The third-order valence-electron chi connectivity index (χ3n) is 19.6. The number of piperazine rings is 1. The van der Waals surface area contributed by atoms with E-state index in [1.54, 1.807) is 28.3 Å². The Bertz CT molecular complexity index is 3370. The largest absolute Gasteiger partial charge is 0.471 e. The number of imide groups is 1. The number of hydrogen-bond donors (Lipinski definition) is 2. The molecule has 3 amide bonds. The number of morpholine rings is 1. The van der Waals surface area contributed by atoms with Crippen molar-refractivity contribution in [1.82, 2.24) is 24.9 Å². The average molecular weight is 1290 g/mol. The van der Waals surface area contributed by atoms with Crippen LogP contribution < -0.4 is 25.3 Å². The molecule has 12 rings (SSSR count). The van der Waals surface area contributed by atoms with Crippen molar-refractivity contribution in [2.75, 3.05) is 119 Å². The Balaban J connectivity index is 0.647. The van der Waals surface area contributed by atoms with Crippen molar-refractivity contribution < 1.29 is 41.5 Å². The predicted octanol–water partition coefficient (Wildman–Crippen LogP) is 13.1. The molecule has 0 bridgehead atoms. The summed E-state index contributed by atoms with van der Waals surface area (Å²) in [6.45, 7) is 16.3. The zero-order valence-corrected chi connectivity index (χ0v) is 53.7. The standard InChI is InChI=1S/C70H82ClF3N8O6S2/c1-2-60(52-12-19-63(65(43-52)87-88-90-70(72,73)74)75-56(25-29-77-38-40-86-41-39-77)48-89-59-6-4-3-5-7-59)50-10-15-57(16-11-50)81-36-34-79(35-37-81)46-54-44-69(26-22-61(54)51-8-13-55(71)14-9-51)27-32-78(33-28-69)45-49-23-30-80(31-24-49)58-17-18-62-53(42-58)47-82(68(62)85)64-20-21-66(83)76-67(64)84/h2-19,42-43,49,56,64,75H,20-41,44-48H2,1H3,(H,76,83,84). The SMILES string of the molecule is CC=C(c1ccc(N2CCN(CC3=C(c4ccc(Cl)cc4)CCC4(CCN(CC5CCN(c6ccc7c(c6)CN(C6CCC(=O)NC6=O)C7=O)CC5)CC4)C3)CC2)cc1)c1ccc(NC(CCN2CCOCC2)CSc2ccccc2)c(OOSC(F)(F)F)c1. The highest BCUT2D eigenvalue weighted by atomic mass is 35.5. The normalized spacial score (nSPS) is 21.3. The van der Waals surface area contributed by atoms with Crippen LogP contribution >= 0.6 is 35.4 Å². The second-order valence-corrected chi connectivity index (χ2v) is 27.6. The molecule has 0 saturated carbocycles. The highest BCUT2D eigenvalue weighted by molar-refractivity contribution is 7.99. The maximum Gasteiger partial charge on any atom is 0.471 e. The van der Waals surface area contributed by atoms with Crippen LogP contribution in [0.25, 0.3) is 11.1 Å². The lowest BCUT2D eigenvalue weighted by Gasteiger charge is -2.47. The van der Waals surface area contributed by atoms with Gasteiger partial charge in [-0.2, -0.15) is 13.2 Å². The van der Waals surface area contributed by atoms with Crippen LogP contribution in [-0.4, -0.2) is 159 Å². The summed E-state index contributed by atoms with van der Waals surface area (Å²) in [6, 6.07) is 38.4. The first kappa shape index (κ1) is 64.1. The van der Waals surface area contributed by atoms with E-state index in [1.165, 1.54) is 30.4 Å². The molecule has 5 fully saturated rings. The van der Waals surface area contributed by atoms with Crippen LogP contribution in [0.15, 0.2) is 132 Å². The zero-order chi connectivity index (χ0) is 62.2. The van der Waals surface area contributed by atoms with Crippen molar-refractivity contribution in [2.45, 2.75) is 100 Å². The molecule has 0 aromatic heterocycles. The molecule has 0 radical (unpaired) electrons. The Morgan fingerprint density at radius 1 is 0.778 bits per heavy atom. The number of amides is 3. The smallest absolute Gasteiger partial charge is 0.379 e. The van der Waals surface area contributed by atoms with E-state index in [0.29, 0.717) is 48.8 Å². The first-order chi connectivity index (χ1) is 43.7. The van der Waals surface area contributed by atoms with Gasteiger partial charge in [-0.05, 0) is 189 Å². The number of thioether (sulfide) groups is 1. The van der Waals surface area contributed by atoms with Crippen LogP contribution in [-0.2, 0) is 25.2 Å². The lowest BCUT2D eigenvalue weighted by atomic mass is 9.65. The van der Waals surface area contributed by atoms with Crippen LogP contribution in [0.3, 0.4) is 0 Å². The van der Waals surface area contributed by atoms with Gasteiger partial charge in [0, 0.05) is 124 Å². The van der Waals surface area contributed by atoms with E-state index in [2.05, 4.69) is 95.8 Å². The number of nitrogens with zero attached hydrogens (tertiary/aromatic N) is 6. The number of carbonyl (C=O) groups excluding carboxylic acids is 3. The molecule has 1 spiro atoms. The Hall–Kier alpha value is -6.03. The summed E-state index contributed by atoms with van der Waals surface area (Å²) in [6.07, 6.45) is 11.5. The van der Waals surface area contributed by atoms with Gasteiger partial charge < -0.3 is 34.5 Å². The second-order valence-electron chi connectivity index (χ2n) is 25.4. The molecule has 6 aliphatic heterocycles. The minimum atomic E-state index is -4.64. The van der Waals surface area contributed by atoms with Gasteiger partial charge in [0.2, 0.25) is 11.8 Å². The summed E-state index contributed by atoms with van der Waals surface area (Å²) >= 11 is 7.50. The monoisotopic (exact) mass is 1290 g/mol. The number of anilines is 3. The lowest BCUT2D eigenvalue weighted by molar-refractivity contribution is -0.136. The van der Waals surface area contributed by atoms with Crippen LogP contribution in [0.2, 0.25) is 5.02 Å². The molecule has 14 nitrogen and oxygen atoms in total. The number of halogens is 4. The van der Waals surface area contributed by atoms with Gasteiger partial charge in [0.25, 0.3) is 5.91 Å². The molecule has 478 valence electrons. The molecular weight excluding hydrogens is 1210 g/mol. The number of hydrogen-bond acceptors (Lipinski definition) is 14. The van der Waals surface area contributed by atoms with Crippen molar-refractivity contribution >= 4 is 81.3 Å². The molecule has 6 heterocycles. The van der Waals surface area contributed by atoms with Gasteiger partial charge in [0.05, 0.1) is 18.9 Å². The number of allylic oxidation sites excluding steroid dienone is 2. The maximum absolute atomic E-state index is 13.4. The summed E-state index contributed by atoms with van der Waals surface area (Å²) in [4.78, 5) is 58.7. The molecule has 5 aromatic carbocycles. The maximum atomic E-state index is 13.4. The summed E-state index contributed by atoms with van der Waals surface area (Å²) in [5, 5.41) is 6.78. The van der Waals surface area contributed by atoms with Crippen molar-refractivity contribution in [3.05, 3.63) is 160 Å². The number of likely N-dealkylation sites (tertiary alicyclic amines) is 1. The number of ether oxygens (including phenoxy) is 1. The summed E-state index contributed by atoms with van der Waals surface area (Å²) < 4.78 is 50.5. The quantitative estimate of drug-likeness (QED) is 0.0238. The van der Waals surface area contributed by atoms with Crippen molar-refractivity contribution in [2.24, 2.45) is 11.3 Å². The molecule has 7 aliphatic rings. The van der Waals surface area contributed by atoms with Gasteiger partial charge in [0.1, 0.15) is 6.04 Å². The van der Waals surface area contributed by atoms with Crippen LogP contribution in [0.5, 0.6) is 5.75 Å². The van der Waals surface area contributed by atoms with E-state index in [-0.39, 0.29) is 35.9 Å². The first-order valence-electron chi connectivity index (χ1n) is 32.1. The Morgan fingerprint density at radius 2 is 1.50 bits per heavy atom. The van der Waals surface area contributed by atoms with E-state index in [0.717, 1.165) is 166 Å². The number of benzene rings is 5. The van der Waals surface area contributed by atoms with Gasteiger partial charge in [-0.1, -0.05) is 71.8 Å². The molecule has 90 heavy (non-hydrogen) atoms. The Kier molecular flexibility index (Phi) is 20.9. The summed E-state index contributed by atoms with van der Waals surface area (Å²) in [5.74, 6) is 0.749. The van der Waals surface area contributed by atoms with Crippen LogP contribution in [0.4, 0.5) is 30.2 Å². The number of nitrogens with one attached hydrogen (secondary N) is 2. The van der Waals surface area contributed by atoms with E-state index in [4.69, 9.17) is 25.6 Å². The molecule has 5 aromatic rings. The molecule has 20 heteroatoms. The number of rotatable bonds is 21. The Morgan fingerprint density at radius 3 is 2.22 bits per heavy atom. The van der Waals surface area contributed by atoms with Crippen LogP contribution in [0, 0.1) is 11.3 Å². The molecule has 2 N–H and O–H groups in total. The Labute approximate surface area is 541 Å². The van der Waals surface area contributed by atoms with Crippen molar-refractivity contribution in [1.29, 1.82) is 0 Å². The fraction of sp³-hybridized carbons (Fsp3) is 0.471. The van der Waals surface area contributed by atoms with Crippen molar-refractivity contribution in [3.63, 3.8) is 0 Å². The highest BCUT2D eigenvalue weighted by Crippen LogP contribution is 2.50. The number of fused-ring (bicyclic) bond motifs is 1. The van der Waals surface area contributed by atoms with Gasteiger partial charge in [-0.15, -0.1) is 16.1 Å². The fourth-order valence-corrected chi connectivity index (χ4v) is 15.9. The fourth-order valence-electron chi connectivity index (χ4n) is 14.5. The van der Waals surface area contributed by atoms with Gasteiger partial charge in [-0.25, -0.2) is 0 Å². The number of carbonyl (C=O) groups is 3. The van der Waals surface area contributed by atoms with E-state index >= 15 is 0 Å². The van der Waals surface area contributed by atoms with Crippen molar-refractivity contribution in [3.8, 4) is 5.75 Å². The minimum absolute atomic E-state index is 0.0311. The van der Waals surface area contributed by atoms with E-state index in [9.17, 15) is 27.6 Å². The molecular formula is C70H82ClF3N8O6S2. The second kappa shape index (κ2) is 29.3. The number of piperidine rings is 3. The molecule has 2 atom stereocenters. The van der Waals surface area contributed by atoms with E-state index < -0.39 is 23.6 Å². The molecule has 1 aliphatic carbocycles. The molecule has 2 unspecified atom stereocenters. The first-order valence-corrected chi connectivity index (χ1v) is 34.2. The van der Waals surface area contributed by atoms with Gasteiger partial charge in [0.15, 0.2) is 17.8 Å².